The monoisotopic (exact) mass is 601 g/mol. The summed E-state index contributed by atoms with van der Waals surface area (Å²) in [6.07, 6.45) is 0.484. The van der Waals surface area contributed by atoms with Crippen molar-refractivity contribution in [3.8, 4) is 17.1 Å². The van der Waals surface area contributed by atoms with Crippen LogP contribution >= 0.6 is 40.0 Å². The number of aryl methyl sites for hydroxylation is 3. The molecule has 1 unspecified atom stereocenters. The highest BCUT2D eigenvalue weighted by Crippen LogP contribution is 2.37. The SMILES string of the molecule is CC.CC.COc1cc(-c2nc(C)nn2C)ccc1Nc1cc(Cl)nc2c1nc(C)n2PI. The number of imidazole rings is 1. The van der Waals surface area contributed by atoms with Crippen molar-refractivity contribution in [3.63, 3.8) is 0 Å². The first-order chi connectivity index (χ1) is 15.9. The first-order valence-corrected chi connectivity index (χ1v) is 15.1. The largest absolute Gasteiger partial charge is 0.495 e. The van der Waals surface area contributed by atoms with Gasteiger partial charge in [0.05, 0.1) is 24.9 Å². The van der Waals surface area contributed by atoms with Gasteiger partial charge in [0.25, 0.3) is 0 Å². The molecular formula is C22H30ClIN7OP. The summed E-state index contributed by atoms with van der Waals surface area (Å²) in [5.41, 5.74) is 4.01. The molecule has 0 saturated carbocycles. The van der Waals surface area contributed by atoms with Crippen LogP contribution in [0.1, 0.15) is 39.3 Å². The lowest BCUT2D eigenvalue weighted by molar-refractivity contribution is 0.417. The molecule has 1 N–H and O–H groups in total. The van der Waals surface area contributed by atoms with E-state index in [1.54, 1.807) is 17.9 Å². The number of anilines is 2. The number of aromatic nitrogens is 6. The predicted molar refractivity (Wildman–Crippen MR) is 149 cm³/mol. The first kappa shape index (κ1) is 27.3. The Kier molecular flexibility index (Phi) is 10.3. The van der Waals surface area contributed by atoms with Crippen LogP contribution in [0.5, 0.6) is 5.75 Å². The van der Waals surface area contributed by atoms with Gasteiger partial charge in [-0.3, -0.25) is 4.34 Å². The molecule has 1 aromatic carbocycles. The number of nitrogens with one attached hydrogen (secondary N) is 1. The Bertz CT molecular complexity index is 1230. The first-order valence-electron chi connectivity index (χ1n) is 10.7. The van der Waals surface area contributed by atoms with Crippen molar-refractivity contribution in [1.82, 2.24) is 29.1 Å². The maximum absolute atomic E-state index is 6.29. The zero-order valence-electron chi connectivity index (χ0n) is 20.2. The van der Waals surface area contributed by atoms with Crippen LogP contribution in [0.25, 0.3) is 22.6 Å². The molecular weight excluding hydrogens is 572 g/mol. The van der Waals surface area contributed by atoms with Crippen molar-refractivity contribution in [1.29, 1.82) is 0 Å². The van der Waals surface area contributed by atoms with Gasteiger partial charge in [0.2, 0.25) is 0 Å². The summed E-state index contributed by atoms with van der Waals surface area (Å²) in [5.74, 6) is 3.07. The third kappa shape index (κ3) is 5.94. The molecule has 3 aromatic heterocycles. The van der Waals surface area contributed by atoms with E-state index in [0.717, 1.165) is 45.6 Å². The number of rotatable bonds is 5. The Labute approximate surface area is 214 Å². The van der Waals surface area contributed by atoms with Gasteiger partial charge in [-0.05, 0) is 54.1 Å². The highest BCUT2D eigenvalue weighted by Gasteiger charge is 2.16. The van der Waals surface area contributed by atoms with Gasteiger partial charge in [0.1, 0.15) is 28.1 Å². The minimum atomic E-state index is 0.404. The number of fused-ring (bicyclic) bond motifs is 1. The van der Waals surface area contributed by atoms with E-state index in [1.807, 2.05) is 71.1 Å². The number of hydrogen-bond acceptors (Lipinski definition) is 6. The number of hydrogen-bond donors (Lipinski definition) is 1. The summed E-state index contributed by atoms with van der Waals surface area (Å²) >= 11 is 8.60. The highest BCUT2D eigenvalue weighted by molar-refractivity contribution is 14.2. The molecule has 1 atom stereocenters. The minimum absolute atomic E-state index is 0.404. The van der Waals surface area contributed by atoms with E-state index < -0.39 is 0 Å². The van der Waals surface area contributed by atoms with Crippen molar-refractivity contribution in [2.24, 2.45) is 7.05 Å². The second-order valence-electron chi connectivity index (χ2n) is 6.39. The van der Waals surface area contributed by atoms with Crippen LogP contribution in [0.4, 0.5) is 11.4 Å². The van der Waals surface area contributed by atoms with Crippen molar-refractivity contribution >= 4 is 62.6 Å². The van der Waals surface area contributed by atoms with Crippen molar-refractivity contribution in [2.45, 2.75) is 41.5 Å². The average Bonchev–Trinajstić information content (AvgIpc) is 3.33. The number of methoxy groups -OCH3 is 1. The molecule has 0 saturated heterocycles. The van der Waals surface area contributed by atoms with Gasteiger partial charge < -0.3 is 10.1 Å². The van der Waals surface area contributed by atoms with E-state index in [-0.39, 0.29) is 0 Å². The number of nitrogens with zero attached hydrogens (tertiary/aromatic N) is 6. The van der Waals surface area contributed by atoms with Crippen LogP contribution in [0, 0.1) is 13.8 Å². The Morgan fingerprint density at radius 3 is 2.30 bits per heavy atom. The topological polar surface area (TPSA) is 82.7 Å². The normalized spacial score (nSPS) is 10.6. The van der Waals surface area contributed by atoms with Gasteiger partial charge >= 0.3 is 0 Å². The summed E-state index contributed by atoms with van der Waals surface area (Å²) in [7, 11) is 3.51. The molecule has 4 aromatic rings. The third-order valence-electron chi connectivity index (χ3n) is 4.43. The lowest BCUT2D eigenvalue weighted by Crippen LogP contribution is -1.99. The molecule has 0 amide bonds. The Morgan fingerprint density at radius 1 is 1.03 bits per heavy atom. The second-order valence-corrected chi connectivity index (χ2v) is 8.84. The summed E-state index contributed by atoms with van der Waals surface area (Å²) in [6, 6.07) is 7.63. The quantitative estimate of drug-likeness (QED) is 0.149. The van der Waals surface area contributed by atoms with Crippen molar-refractivity contribution in [3.05, 3.63) is 41.1 Å². The van der Waals surface area contributed by atoms with Crippen LogP contribution < -0.4 is 10.1 Å². The standard InChI is InChI=1S/C18H18ClIN7OP.2C2H6/c1-9-21-17(26(3)25-9)11-5-6-12(14(7-11)28-4)23-13-8-15(19)24-18-16(13)22-10(2)27(18)29-20;2*1-2/h5-8,29H,1-4H3,(H,23,24);2*1-2H3. The molecule has 0 bridgehead atoms. The molecule has 3 heterocycles. The van der Waals surface area contributed by atoms with Gasteiger partial charge in [-0.25, -0.2) is 19.6 Å². The molecule has 11 heteroatoms. The summed E-state index contributed by atoms with van der Waals surface area (Å²) in [4.78, 5) is 13.6. The molecule has 0 spiro atoms. The van der Waals surface area contributed by atoms with Crippen molar-refractivity contribution in [2.75, 3.05) is 12.4 Å². The maximum atomic E-state index is 6.29. The summed E-state index contributed by atoms with van der Waals surface area (Å²) < 4.78 is 9.42. The van der Waals surface area contributed by atoms with Crippen LogP contribution in [0.3, 0.4) is 0 Å². The molecule has 0 radical (unpaired) electrons. The van der Waals surface area contributed by atoms with Gasteiger partial charge in [0, 0.05) is 18.7 Å². The minimum Gasteiger partial charge on any atom is -0.495 e. The molecule has 33 heavy (non-hydrogen) atoms. The molecule has 4 rings (SSSR count). The molecule has 0 aliphatic rings. The average molecular weight is 602 g/mol. The van der Waals surface area contributed by atoms with Gasteiger partial charge in [-0.2, -0.15) is 5.10 Å². The van der Waals surface area contributed by atoms with Gasteiger partial charge in [0.15, 0.2) is 11.5 Å². The smallest absolute Gasteiger partial charge is 0.167 e. The fourth-order valence-electron chi connectivity index (χ4n) is 3.16. The molecule has 0 fully saturated rings. The fourth-order valence-corrected chi connectivity index (χ4v) is 5.49. The fraction of sp³-hybridized carbons (Fsp3) is 0.364. The highest BCUT2D eigenvalue weighted by atomic mass is 127. The van der Waals surface area contributed by atoms with Crippen molar-refractivity contribution < 1.29 is 4.74 Å². The zero-order valence-corrected chi connectivity index (χ0v) is 24.1. The molecule has 0 aliphatic carbocycles. The Hall–Kier alpha value is -1.97. The lowest BCUT2D eigenvalue weighted by atomic mass is 10.1. The maximum Gasteiger partial charge on any atom is 0.167 e. The number of benzene rings is 1. The van der Waals surface area contributed by atoms with Crippen LogP contribution in [0.15, 0.2) is 24.3 Å². The second kappa shape index (κ2) is 12.5. The Balaban J connectivity index is 0.000000914. The third-order valence-corrected chi connectivity index (χ3v) is 6.78. The molecule has 8 nitrogen and oxygen atoms in total. The summed E-state index contributed by atoms with van der Waals surface area (Å²) in [6.45, 7) is 11.8. The molecule has 0 aliphatic heterocycles. The number of ether oxygens (including phenoxy) is 1. The zero-order chi connectivity index (χ0) is 24.7. The lowest BCUT2D eigenvalue weighted by Gasteiger charge is -2.13. The number of pyridine rings is 1. The van der Waals surface area contributed by atoms with Crippen LogP contribution in [0.2, 0.25) is 5.15 Å². The molecule has 178 valence electrons. The van der Waals surface area contributed by atoms with Gasteiger partial charge in [-0.1, -0.05) is 39.3 Å². The van der Waals surface area contributed by atoms with E-state index in [4.69, 9.17) is 16.3 Å². The van der Waals surface area contributed by atoms with E-state index in [2.05, 4.69) is 47.4 Å². The van der Waals surface area contributed by atoms with E-state index in [9.17, 15) is 0 Å². The van der Waals surface area contributed by atoms with E-state index in [1.165, 1.54) is 0 Å². The number of halogens is 2. The van der Waals surface area contributed by atoms with Gasteiger partial charge in [-0.15, -0.1) is 0 Å². The summed E-state index contributed by atoms with van der Waals surface area (Å²) in [5, 5.41) is 8.12. The van der Waals surface area contributed by atoms with Crippen LogP contribution in [-0.2, 0) is 7.05 Å². The van der Waals surface area contributed by atoms with Crippen LogP contribution in [-0.4, -0.2) is 36.2 Å². The van der Waals surface area contributed by atoms with E-state index in [0.29, 0.717) is 17.3 Å². The van der Waals surface area contributed by atoms with E-state index >= 15 is 0 Å². The Morgan fingerprint density at radius 2 is 1.73 bits per heavy atom. The predicted octanol–water partition coefficient (Wildman–Crippen LogP) is 7.09.